The van der Waals surface area contributed by atoms with E-state index in [0.29, 0.717) is 16.6 Å². The summed E-state index contributed by atoms with van der Waals surface area (Å²) in [7, 11) is 0. The van der Waals surface area contributed by atoms with Gasteiger partial charge in [-0.1, -0.05) is 34.5 Å². The maximum Gasteiger partial charge on any atom is 0.271 e. The van der Waals surface area contributed by atoms with Crippen molar-refractivity contribution in [1.82, 2.24) is 9.88 Å². The minimum atomic E-state index is 0.00155. The van der Waals surface area contributed by atoms with Crippen LogP contribution in [-0.2, 0) is 0 Å². The molecule has 100 valence electrons. The van der Waals surface area contributed by atoms with Gasteiger partial charge in [0.15, 0.2) is 0 Å². The summed E-state index contributed by atoms with van der Waals surface area (Å²) in [6.45, 7) is 3.79. The van der Waals surface area contributed by atoms with Gasteiger partial charge in [-0.2, -0.15) is 0 Å². The Hall–Kier alpha value is -1.000. The molecule has 1 aromatic heterocycles. The van der Waals surface area contributed by atoms with E-state index in [4.69, 9.17) is 11.6 Å². The smallest absolute Gasteiger partial charge is 0.271 e. The van der Waals surface area contributed by atoms with Crippen LogP contribution in [0.4, 0.5) is 0 Å². The van der Waals surface area contributed by atoms with Gasteiger partial charge in [-0.25, -0.2) is 0 Å². The van der Waals surface area contributed by atoms with Crippen LogP contribution in [0.15, 0.2) is 22.7 Å². The van der Waals surface area contributed by atoms with Crippen molar-refractivity contribution < 1.29 is 4.79 Å². The first-order valence-electron chi connectivity index (χ1n) is 6.32. The first kappa shape index (κ1) is 13.0. The standard InChI is InChI=1S/C14H14BrClN2O/c1-8-4-5-18(7-8)14(19)13-12(16)10-6-9(15)2-3-11(10)17-13/h2-3,6,8,17H,4-5,7H2,1H3. The number of carbonyl (C=O) groups is 1. The number of carbonyl (C=O) groups excluding carboxylic acids is 1. The van der Waals surface area contributed by atoms with Gasteiger partial charge in [0.2, 0.25) is 0 Å². The van der Waals surface area contributed by atoms with Gasteiger partial charge in [0.25, 0.3) is 5.91 Å². The molecule has 2 heterocycles. The zero-order chi connectivity index (χ0) is 13.6. The van der Waals surface area contributed by atoms with Crippen LogP contribution in [-0.4, -0.2) is 28.9 Å². The van der Waals surface area contributed by atoms with Crippen LogP contribution >= 0.6 is 27.5 Å². The predicted octanol–water partition coefficient (Wildman–Crippen LogP) is 4.07. The Morgan fingerprint density at radius 2 is 2.32 bits per heavy atom. The molecule has 1 aliphatic rings. The van der Waals surface area contributed by atoms with Crippen molar-refractivity contribution in [3.8, 4) is 0 Å². The molecule has 0 spiro atoms. The van der Waals surface area contributed by atoms with E-state index in [1.165, 1.54) is 0 Å². The zero-order valence-corrected chi connectivity index (χ0v) is 12.9. The monoisotopic (exact) mass is 340 g/mol. The number of hydrogen-bond donors (Lipinski definition) is 1. The van der Waals surface area contributed by atoms with Gasteiger partial charge >= 0.3 is 0 Å². The second-order valence-electron chi connectivity index (χ2n) is 5.15. The number of likely N-dealkylation sites (tertiary alicyclic amines) is 1. The van der Waals surface area contributed by atoms with E-state index < -0.39 is 0 Å². The highest BCUT2D eigenvalue weighted by atomic mass is 79.9. The number of aromatic nitrogens is 1. The minimum absolute atomic E-state index is 0.00155. The van der Waals surface area contributed by atoms with Crippen LogP contribution in [0.1, 0.15) is 23.8 Å². The molecule has 1 aliphatic heterocycles. The van der Waals surface area contributed by atoms with Gasteiger partial charge in [0.05, 0.1) is 5.02 Å². The molecule has 1 amide bonds. The largest absolute Gasteiger partial charge is 0.349 e. The molecule has 0 aliphatic carbocycles. The van der Waals surface area contributed by atoms with Crippen molar-refractivity contribution in [2.24, 2.45) is 5.92 Å². The molecule has 1 saturated heterocycles. The molecule has 5 heteroatoms. The van der Waals surface area contributed by atoms with Crippen molar-refractivity contribution in [3.63, 3.8) is 0 Å². The Morgan fingerprint density at radius 1 is 1.53 bits per heavy atom. The van der Waals surface area contributed by atoms with Gasteiger partial charge in [0, 0.05) is 28.5 Å². The molecular weight excluding hydrogens is 328 g/mol. The number of hydrogen-bond acceptors (Lipinski definition) is 1. The average Bonchev–Trinajstić information content (AvgIpc) is 2.94. The maximum absolute atomic E-state index is 12.5. The topological polar surface area (TPSA) is 36.1 Å². The Kier molecular flexibility index (Phi) is 3.31. The number of amides is 1. The van der Waals surface area contributed by atoms with Crippen LogP contribution in [0.2, 0.25) is 5.02 Å². The van der Waals surface area contributed by atoms with Crippen LogP contribution in [0.25, 0.3) is 10.9 Å². The molecule has 2 aromatic rings. The fourth-order valence-corrected chi connectivity index (χ4v) is 3.20. The lowest BCUT2D eigenvalue weighted by molar-refractivity contribution is 0.0783. The highest BCUT2D eigenvalue weighted by Gasteiger charge is 2.27. The van der Waals surface area contributed by atoms with E-state index in [-0.39, 0.29) is 5.91 Å². The van der Waals surface area contributed by atoms with Crippen LogP contribution in [0.3, 0.4) is 0 Å². The minimum Gasteiger partial charge on any atom is -0.349 e. The molecule has 0 bridgehead atoms. The first-order chi connectivity index (χ1) is 9.06. The Labute approximate surface area is 125 Å². The third-order valence-corrected chi connectivity index (χ3v) is 4.51. The Balaban J connectivity index is 2.01. The highest BCUT2D eigenvalue weighted by molar-refractivity contribution is 9.10. The molecule has 3 rings (SSSR count). The molecule has 19 heavy (non-hydrogen) atoms. The van der Waals surface area contributed by atoms with Gasteiger partial charge in [0.1, 0.15) is 5.69 Å². The predicted molar refractivity (Wildman–Crippen MR) is 80.7 cm³/mol. The SMILES string of the molecule is CC1CCN(C(=O)c2[nH]c3ccc(Br)cc3c2Cl)C1. The number of H-pyrrole nitrogens is 1. The summed E-state index contributed by atoms with van der Waals surface area (Å²) in [5.41, 5.74) is 1.40. The third-order valence-electron chi connectivity index (χ3n) is 3.62. The second kappa shape index (κ2) is 4.84. The van der Waals surface area contributed by atoms with Gasteiger partial charge in [-0.3, -0.25) is 4.79 Å². The van der Waals surface area contributed by atoms with Crippen molar-refractivity contribution in [2.45, 2.75) is 13.3 Å². The van der Waals surface area contributed by atoms with Gasteiger partial charge in [-0.05, 0) is 30.5 Å². The van der Waals surface area contributed by atoms with Crippen LogP contribution in [0, 0.1) is 5.92 Å². The van der Waals surface area contributed by atoms with Crippen LogP contribution < -0.4 is 0 Å². The fraction of sp³-hybridized carbons (Fsp3) is 0.357. The number of benzene rings is 1. The van der Waals surface area contributed by atoms with E-state index in [1.807, 2.05) is 23.1 Å². The van der Waals surface area contributed by atoms with Crippen LogP contribution in [0.5, 0.6) is 0 Å². The zero-order valence-electron chi connectivity index (χ0n) is 10.5. The molecule has 0 radical (unpaired) electrons. The van der Waals surface area contributed by atoms with E-state index >= 15 is 0 Å². The maximum atomic E-state index is 12.5. The normalized spacial score (nSPS) is 19.3. The number of aromatic amines is 1. The molecule has 1 unspecified atom stereocenters. The summed E-state index contributed by atoms with van der Waals surface area (Å²) >= 11 is 9.76. The first-order valence-corrected chi connectivity index (χ1v) is 7.49. The van der Waals surface area contributed by atoms with E-state index in [0.717, 1.165) is 34.9 Å². The number of halogens is 2. The molecule has 3 nitrogen and oxygen atoms in total. The van der Waals surface area contributed by atoms with E-state index in [2.05, 4.69) is 27.8 Å². The molecule has 1 atom stereocenters. The summed E-state index contributed by atoms with van der Waals surface area (Å²) in [5, 5.41) is 1.40. The highest BCUT2D eigenvalue weighted by Crippen LogP contribution is 2.31. The summed E-state index contributed by atoms with van der Waals surface area (Å²) in [5.74, 6) is 0.572. The van der Waals surface area contributed by atoms with Crippen molar-refractivity contribution in [3.05, 3.63) is 33.4 Å². The summed E-state index contributed by atoms with van der Waals surface area (Å²) in [6.07, 6.45) is 1.06. The van der Waals surface area contributed by atoms with E-state index in [9.17, 15) is 4.79 Å². The Bertz CT molecular complexity index is 652. The summed E-state index contributed by atoms with van der Waals surface area (Å²) in [4.78, 5) is 17.5. The molecule has 0 saturated carbocycles. The van der Waals surface area contributed by atoms with E-state index in [1.54, 1.807) is 0 Å². The lowest BCUT2D eigenvalue weighted by Gasteiger charge is -2.14. The average molecular weight is 342 g/mol. The van der Waals surface area contributed by atoms with Crippen molar-refractivity contribution in [1.29, 1.82) is 0 Å². The van der Waals surface area contributed by atoms with Crippen molar-refractivity contribution >= 4 is 44.3 Å². The second-order valence-corrected chi connectivity index (χ2v) is 6.44. The molecular formula is C14H14BrClN2O. The number of fused-ring (bicyclic) bond motifs is 1. The lowest BCUT2D eigenvalue weighted by atomic mass is 10.2. The third kappa shape index (κ3) is 2.28. The number of rotatable bonds is 1. The lowest BCUT2D eigenvalue weighted by Crippen LogP contribution is -2.28. The summed E-state index contributed by atoms with van der Waals surface area (Å²) in [6, 6.07) is 5.79. The quantitative estimate of drug-likeness (QED) is 0.834. The molecule has 1 aromatic carbocycles. The van der Waals surface area contributed by atoms with Gasteiger partial charge in [-0.15, -0.1) is 0 Å². The molecule has 1 fully saturated rings. The summed E-state index contributed by atoms with van der Waals surface area (Å²) < 4.78 is 0.953. The van der Waals surface area contributed by atoms with Crippen molar-refractivity contribution in [2.75, 3.05) is 13.1 Å². The number of nitrogens with one attached hydrogen (secondary N) is 1. The fourth-order valence-electron chi connectivity index (χ4n) is 2.56. The van der Waals surface area contributed by atoms with Gasteiger partial charge < -0.3 is 9.88 Å². The molecule has 1 N–H and O–H groups in total. The number of nitrogens with zero attached hydrogens (tertiary/aromatic N) is 1. The Morgan fingerprint density at radius 3 is 3.00 bits per heavy atom.